The molecule has 1 heterocycles. The molecule has 0 bridgehead atoms. The topological polar surface area (TPSA) is 50.4 Å². The van der Waals surface area contributed by atoms with E-state index in [4.69, 9.17) is 17.0 Å². The highest BCUT2D eigenvalue weighted by atomic mass is 32.1. The number of hydrogen-bond acceptors (Lipinski definition) is 4. The number of ether oxygens (including phenoxy) is 1. The van der Waals surface area contributed by atoms with E-state index in [1.807, 2.05) is 13.8 Å². The summed E-state index contributed by atoms with van der Waals surface area (Å²) in [6.45, 7) is 6.03. The van der Waals surface area contributed by atoms with Crippen molar-refractivity contribution in [2.24, 2.45) is 0 Å². The number of aryl methyl sites for hydroxylation is 1. The minimum atomic E-state index is -0.309. The fourth-order valence-corrected chi connectivity index (χ4v) is 2.55. The molecule has 94 valence electrons. The Labute approximate surface area is 110 Å². The van der Waals surface area contributed by atoms with Crippen molar-refractivity contribution < 1.29 is 9.53 Å². The van der Waals surface area contributed by atoms with Crippen molar-refractivity contribution >= 4 is 39.6 Å². The van der Waals surface area contributed by atoms with E-state index in [2.05, 4.69) is 10.6 Å². The average molecular weight is 272 g/mol. The van der Waals surface area contributed by atoms with Crippen molar-refractivity contribution in [2.75, 3.05) is 19.0 Å². The van der Waals surface area contributed by atoms with Crippen molar-refractivity contribution in [1.29, 1.82) is 0 Å². The molecular weight excluding hydrogens is 256 g/mol. The molecule has 0 aliphatic rings. The monoisotopic (exact) mass is 272 g/mol. The molecule has 2 N–H and O–H groups in total. The molecular formula is C11H16N2O2S2. The second kappa shape index (κ2) is 5.97. The van der Waals surface area contributed by atoms with Gasteiger partial charge in [-0.3, -0.25) is 0 Å². The van der Waals surface area contributed by atoms with Crippen molar-refractivity contribution in [1.82, 2.24) is 5.32 Å². The highest BCUT2D eigenvalue weighted by Gasteiger charge is 2.20. The number of esters is 1. The lowest BCUT2D eigenvalue weighted by Crippen LogP contribution is -2.24. The number of thiophene rings is 1. The van der Waals surface area contributed by atoms with Crippen LogP contribution in [-0.4, -0.2) is 24.7 Å². The van der Waals surface area contributed by atoms with Gasteiger partial charge in [-0.2, -0.15) is 0 Å². The summed E-state index contributed by atoms with van der Waals surface area (Å²) in [5, 5.41) is 7.03. The number of nitrogens with one attached hydrogen (secondary N) is 2. The van der Waals surface area contributed by atoms with Gasteiger partial charge in [-0.15, -0.1) is 11.3 Å². The maximum atomic E-state index is 11.9. The fourth-order valence-electron chi connectivity index (χ4n) is 1.33. The Morgan fingerprint density at radius 2 is 2.12 bits per heavy atom. The van der Waals surface area contributed by atoms with Crippen LogP contribution in [0.1, 0.15) is 27.7 Å². The Hall–Kier alpha value is -1.14. The van der Waals surface area contributed by atoms with Crippen LogP contribution in [0.25, 0.3) is 0 Å². The third-order valence-corrected chi connectivity index (χ3v) is 3.75. The lowest BCUT2D eigenvalue weighted by molar-refractivity contribution is 0.0527. The van der Waals surface area contributed by atoms with Gasteiger partial charge in [-0.05, 0) is 38.6 Å². The van der Waals surface area contributed by atoms with Gasteiger partial charge in [0.05, 0.1) is 12.2 Å². The maximum absolute atomic E-state index is 11.9. The van der Waals surface area contributed by atoms with Crippen LogP contribution in [0, 0.1) is 13.8 Å². The molecule has 0 aromatic carbocycles. The first-order valence-electron chi connectivity index (χ1n) is 5.27. The molecule has 1 rings (SSSR count). The Morgan fingerprint density at radius 1 is 1.47 bits per heavy atom. The SMILES string of the molecule is CCOC(=O)c1c(NC(=S)NC)sc(C)c1C. The van der Waals surface area contributed by atoms with Crippen LogP contribution >= 0.6 is 23.6 Å². The highest BCUT2D eigenvalue weighted by molar-refractivity contribution is 7.80. The van der Waals surface area contributed by atoms with Gasteiger partial charge in [0.1, 0.15) is 5.00 Å². The number of anilines is 1. The standard InChI is InChI=1S/C11H16N2O2S2/c1-5-15-10(14)8-6(2)7(3)17-9(8)13-11(16)12-4/h5H2,1-4H3,(H2,12,13,16). The second-order valence-corrected chi connectivity index (χ2v) is 5.04. The molecule has 6 heteroatoms. The summed E-state index contributed by atoms with van der Waals surface area (Å²) in [6, 6.07) is 0. The van der Waals surface area contributed by atoms with E-state index >= 15 is 0 Å². The number of carbonyl (C=O) groups is 1. The van der Waals surface area contributed by atoms with Gasteiger partial charge in [-0.25, -0.2) is 4.79 Å². The van der Waals surface area contributed by atoms with Gasteiger partial charge in [0, 0.05) is 11.9 Å². The van der Waals surface area contributed by atoms with Gasteiger partial charge in [-0.1, -0.05) is 0 Å². The molecule has 0 radical (unpaired) electrons. The van der Waals surface area contributed by atoms with Crippen LogP contribution in [-0.2, 0) is 4.74 Å². The first-order chi connectivity index (χ1) is 8.01. The van der Waals surface area contributed by atoms with E-state index in [0.29, 0.717) is 17.3 Å². The molecule has 0 saturated heterocycles. The molecule has 0 atom stereocenters. The lowest BCUT2D eigenvalue weighted by Gasteiger charge is -2.08. The van der Waals surface area contributed by atoms with Gasteiger partial charge in [0.15, 0.2) is 5.11 Å². The van der Waals surface area contributed by atoms with Crippen molar-refractivity contribution in [3.8, 4) is 0 Å². The largest absolute Gasteiger partial charge is 0.462 e. The summed E-state index contributed by atoms with van der Waals surface area (Å²) < 4.78 is 5.04. The lowest BCUT2D eigenvalue weighted by atomic mass is 10.1. The summed E-state index contributed by atoms with van der Waals surface area (Å²) >= 11 is 6.53. The van der Waals surface area contributed by atoms with E-state index in [-0.39, 0.29) is 5.97 Å². The summed E-state index contributed by atoms with van der Waals surface area (Å²) in [4.78, 5) is 12.9. The van der Waals surface area contributed by atoms with Crippen molar-refractivity contribution in [3.63, 3.8) is 0 Å². The third-order valence-electron chi connectivity index (χ3n) is 2.32. The molecule has 0 fully saturated rings. The van der Waals surface area contributed by atoms with Crippen LogP contribution in [0.5, 0.6) is 0 Å². The van der Waals surface area contributed by atoms with E-state index < -0.39 is 0 Å². The predicted octanol–water partition coefficient (Wildman–Crippen LogP) is 2.46. The van der Waals surface area contributed by atoms with Crippen molar-refractivity contribution in [2.45, 2.75) is 20.8 Å². The zero-order valence-electron chi connectivity index (χ0n) is 10.3. The number of hydrogen-bond donors (Lipinski definition) is 2. The number of rotatable bonds is 3. The molecule has 1 aromatic rings. The molecule has 17 heavy (non-hydrogen) atoms. The van der Waals surface area contributed by atoms with Crippen molar-refractivity contribution in [3.05, 3.63) is 16.0 Å². The van der Waals surface area contributed by atoms with Crippen LogP contribution in [0.3, 0.4) is 0 Å². The Morgan fingerprint density at radius 3 is 2.65 bits per heavy atom. The highest BCUT2D eigenvalue weighted by Crippen LogP contribution is 2.32. The van der Waals surface area contributed by atoms with E-state index in [1.54, 1.807) is 14.0 Å². The number of thiocarbonyl (C=S) groups is 1. The molecule has 0 amide bonds. The first-order valence-corrected chi connectivity index (χ1v) is 6.49. The Kier molecular flexibility index (Phi) is 4.89. The van der Waals surface area contributed by atoms with Gasteiger partial charge in [0.2, 0.25) is 0 Å². The summed E-state index contributed by atoms with van der Waals surface area (Å²) in [5.74, 6) is -0.309. The van der Waals surface area contributed by atoms with Crippen LogP contribution < -0.4 is 10.6 Å². The van der Waals surface area contributed by atoms with Crippen LogP contribution in [0.2, 0.25) is 0 Å². The van der Waals surface area contributed by atoms with Gasteiger partial charge >= 0.3 is 5.97 Å². The van der Waals surface area contributed by atoms with Gasteiger partial charge in [0.25, 0.3) is 0 Å². The quantitative estimate of drug-likeness (QED) is 0.654. The second-order valence-electron chi connectivity index (χ2n) is 3.41. The average Bonchev–Trinajstić information content (AvgIpc) is 2.54. The molecule has 0 saturated carbocycles. The van der Waals surface area contributed by atoms with E-state index in [0.717, 1.165) is 15.4 Å². The minimum absolute atomic E-state index is 0.309. The molecule has 0 aliphatic carbocycles. The molecule has 1 aromatic heterocycles. The summed E-state index contributed by atoms with van der Waals surface area (Å²) in [5.41, 5.74) is 1.52. The molecule has 0 aliphatic heterocycles. The van der Waals surface area contributed by atoms with Crippen LogP contribution in [0.15, 0.2) is 0 Å². The predicted molar refractivity (Wildman–Crippen MR) is 75.0 cm³/mol. The Bertz CT molecular complexity index is 441. The molecule has 0 spiro atoms. The maximum Gasteiger partial charge on any atom is 0.341 e. The summed E-state index contributed by atoms with van der Waals surface area (Å²) in [6.07, 6.45) is 0. The third kappa shape index (κ3) is 3.17. The van der Waals surface area contributed by atoms with E-state index in [1.165, 1.54) is 11.3 Å². The normalized spacial score (nSPS) is 9.88. The minimum Gasteiger partial charge on any atom is -0.462 e. The Balaban J connectivity index is 3.08. The smallest absolute Gasteiger partial charge is 0.341 e. The van der Waals surface area contributed by atoms with Crippen LogP contribution in [0.4, 0.5) is 5.00 Å². The molecule has 0 unspecified atom stereocenters. The van der Waals surface area contributed by atoms with E-state index in [9.17, 15) is 4.79 Å². The van der Waals surface area contributed by atoms with Gasteiger partial charge < -0.3 is 15.4 Å². The summed E-state index contributed by atoms with van der Waals surface area (Å²) in [7, 11) is 1.73. The zero-order valence-corrected chi connectivity index (χ0v) is 12.0. The fraction of sp³-hybridized carbons (Fsp3) is 0.455. The molecule has 4 nitrogen and oxygen atoms in total. The first kappa shape index (κ1) is 13.9. The number of carbonyl (C=O) groups excluding carboxylic acids is 1. The zero-order chi connectivity index (χ0) is 13.0.